The molecule has 1 N–H and O–H groups in total. The highest BCUT2D eigenvalue weighted by atomic mass is 32.1. The van der Waals surface area contributed by atoms with Crippen LogP contribution in [0.25, 0.3) is 0 Å². The first kappa shape index (κ1) is 15.7. The van der Waals surface area contributed by atoms with Gasteiger partial charge >= 0.3 is 0 Å². The number of fused-ring (bicyclic) bond motifs is 1. The summed E-state index contributed by atoms with van der Waals surface area (Å²) in [5, 5.41) is 6.19. The van der Waals surface area contributed by atoms with Gasteiger partial charge in [0.15, 0.2) is 0 Å². The number of para-hydroxylation sites is 1. The van der Waals surface area contributed by atoms with Gasteiger partial charge in [-0.2, -0.15) is 5.10 Å². The normalized spacial score (nSPS) is 14.5. The molecule has 0 atom stereocenters. The molecule has 3 rings (SSSR count). The number of thiophene rings is 1. The SMILES string of the molecule is C/C(=N\NC(=O)CCN1CCCc2ccccc21)c1cccs1. The van der Waals surface area contributed by atoms with Gasteiger partial charge in [0, 0.05) is 30.1 Å². The van der Waals surface area contributed by atoms with Gasteiger partial charge in [0.05, 0.1) is 5.71 Å². The molecule has 1 aliphatic rings. The average Bonchev–Trinajstić information content (AvgIpc) is 3.12. The molecule has 5 heteroatoms. The Morgan fingerprint density at radius 2 is 2.17 bits per heavy atom. The molecule has 0 saturated carbocycles. The van der Waals surface area contributed by atoms with Gasteiger partial charge in [-0.25, -0.2) is 5.43 Å². The minimum atomic E-state index is -0.0380. The van der Waals surface area contributed by atoms with Gasteiger partial charge in [-0.1, -0.05) is 24.3 Å². The predicted molar refractivity (Wildman–Crippen MR) is 96.3 cm³/mol. The zero-order valence-electron chi connectivity index (χ0n) is 13.3. The van der Waals surface area contributed by atoms with Gasteiger partial charge in [0.1, 0.15) is 0 Å². The van der Waals surface area contributed by atoms with Crippen LogP contribution in [0.2, 0.25) is 0 Å². The van der Waals surface area contributed by atoms with Crippen molar-refractivity contribution in [1.82, 2.24) is 5.43 Å². The van der Waals surface area contributed by atoms with Crippen LogP contribution < -0.4 is 10.3 Å². The van der Waals surface area contributed by atoms with Crippen molar-refractivity contribution < 1.29 is 4.79 Å². The molecule has 0 aliphatic carbocycles. The Morgan fingerprint density at radius 3 is 3.00 bits per heavy atom. The van der Waals surface area contributed by atoms with Crippen LogP contribution in [0.5, 0.6) is 0 Å². The number of hydrogen-bond donors (Lipinski definition) is 1. The highest BCUT2D eigenvalue weighted by Gasteiger charge is 2.16. The number of hydrogen-bond acceptors (Lipinski definition) is 4. The number of aryl methyl sites for hydroxylation is 1. The van der Waals surface area contributed by atoms with Crippen LogP contribution in [0.15, 0.2) is 46.9 Å². The fourth-order valence-corrected chi connectivity index (χ4v) is 3.50. The van der Waals surface area contributed by atoms with Crippen molar-refractivity contribution in [2.24, 2.45) is 5.10 Å². The Labute approximate surface area is 140 Å². The molecule has 0 fully saturated rings. The zero-order chi connectivity index (χ0) is 16.1. The topological polar surface area (TPSA) is 44.7 Å². The van der Waals surface area contributed by atoms with Crippen molar-refractivity contribution >= 4 is 28.6 Å². The van der Waals surface area contributed by atoms with Crippen LogP contribution in [0.4, 0.5) is 5.69 Å². The summed E-state index contributed by atoms with van der Waals surface area (Å²) in [6, 6.07) is 12.4. The van der Waals surface area contributed by atoms with E-state index in [0.717, 1.165) is 36.5 Å². The number of nitrogens with zero attached hydrogens (tertiary/aromatic N) is 2. The van der Waals surface area contributed by atoms with E-state index >= 15 is 0 Å². The Bertz CT molecular complexity index is 694. The molecule has 1 aromatic heterocycles. The van der Waals surface area contributed by atoms with E-state index in [2.05, 4.69) is 39.7 Å². The lowest BCUT2D eigenvalue weighted by atomic mass is 10.0. The largest absolute Gasteiger partial charge is 0.371 e. The molecule has 0 spiro atoms. The monoisotopic (exact) mass is 327 g/mol. The Hall–Kier alpha value is -2.14. The van der Waals surface area contributed by atoms with Crippen LogP contribution in [0, 0.1) is 0 Å². The van der Waals surface area contributed by atoms with E-state index in [0.29, 0.717) is 6.42 Å². The van der Waals surface area contributed by atoms with Crippen molar-refractivity contribution in [1.29, 1.82) is 0 Å². The molecule has 4 nitrogen and oxygen atoms in total. The molecule has 2 heterocycles. The number of benzene rings is 1. The van der Waals surface area contributed by atoms with E-state index in [1.54, 1.807) is 11.3 Å². The summed E-state index contributed by atoms with van der Waals surface area (Å²) in [5.41, 5.74) is 6.16. The summed E-state index contributed by atoms with van der Waals surface area (Å²) < 4.78 is 0. The first-order chi connectivity index (χ1) is 11.2. The number of nitrogens with one attached hydrogen (secondary N) is 1. The van der Waals surface area contributed by atoms with Crippen molar-refractivity contribution in [3.05, 3.63) is 52.2 Å². The molecular formula is C18H21N3OS. The van der Waals surface area contributed by atoms with Crippen LogP contribution in [-0.2, 0) is 11.2 Å². The molecular weight excluding hydrogens is 306 g/mol. The van der Waals surface area contributed by atoms with Gasteiger partial charge in [-0.3, -0.25) is 4.79 Å². The van der Waals surface area contributed by atoms with Crippen LogP contribution in [-0.4, -0.2) is 24.7 Å². The summed E-state index contributed by atoms with van der Waals surface area (Å²) in [6.07, 6.45) is 2.73. The Kier molecular flexibility index (Phi) is 5.08. The second-order valence-corrected chi connectivity index (χ2v) is 6.63. The maximum absolute atomic E-state index is 12.0. The van der Waals surface area contributed by atoms with E-state index in [4.69, 9.17) is 0 Å². The summed E-state index contributed by atoms with van der Waals surface area (Å²) >= 11 is 1.62. The Balaban J connectivity index is 1.53. The van der Waals surface area contributed by atoms with E-state index in [1.165, 1.54) is 11.3 Å². The van der Waals surface area contributed by atoms with E-state index < -0.39 is 0 Å². The molecule has 0 unspecified atom stereocenters. The minimum Gasteiger partial charge on any atom is -0.371 e. The van der Waals surface area contributed by atoms with Crippen LogP contribution >= 0.6 is 11.3 Å². The lowest BCUT2D eigenvalue weighted by molar-refractivity contribution is -0.120. The molecule has 120 valence electrons. The maximum atomic E-state index is 12.0. The summed E-state index contributed by atoms with van der Waals surface area (Å²) in [6.45, 7) is 3.66. The molecule has 2 aromatic rings. The van der Waals surface area contributed by atoms with Crippen LogP contribution in [0.1, 0.15) is 30.2 Å². The second kappa shape index (κ2) is 7.42. The lowest BCUT2D eigenvalue weighted by Crippen LogP contribution is -2.33. The predicted octanol–water partition coefficient (Wildman–Crippen LogP) is 3.43. The third kappa shape index (κ3) is 3.99. The number of anilines is 1. The zero-order valence-corrected chi connectivity index (χ0v) is 14.1. The smallest absolute Gasteiger partial charge is 0.241 e. The third-order valence-corrected chi connectivity index (χ3v) is 5.02. The fourth-order valence-electron chi connectivity index (χ4n) is 2.82. The highest BCUT2D eigenvalue weighted by molar-refractivity contribution is 7.12. The molecule has 0 saturated heterocycles. The fraction of sp³-hybridized carbons (Fsp3) is 0.333. The van der Waals surface area contributed by atoms with Gasteiger partial charge in [-0.15, -0.1) is 11.3 Å². The van der Waals surface area contributed by atoms with E-state index in [-0.39, 0.29) is 5.91 Å². The van der Waals surface area contributed by atoms with Gasteiger partial charge in [-0.05, 0) is 42.8 Å². The van der Waals surface area contributed by atoms with Crippen molar-refractivity contribution in [3.8, 4) is 0 Å². The maximum Gasteiger partial charge on any atom is 0.241 e. The van der Waals surface area contributed by atoms with E-state index in [9.17, 15) is 4.79 Å². The quantitative estimate of drug-likeness (QED) is 0.675. The molecule has 1 aliphatic heterocycles. The number of hydrazone groups is 1. The summed E-state index contributed by atoms with van der Waals surface area (Å²) in [4.78, 5) is 15.4. The molecule has 0 bridgehead atoms. The Morgan fingerprint density at radius 1 is 1.30 bits per heavy atom. The van der Waals surface area contributed by atoms with Crippen LogP contribution in [0.3, 0.4) is 0 Å². The number of amides is 1. The molecule has 1 aromatic carbocycles. The minimum absolute atomic E-state index is 0.0380. The lowest BCUT2D eigenvalue weighted by Gasteiger charge is -2.31. The number of carbonyl (C=O) groups excluding carboxylic acids is 1. The van der Waals surface area contributed by atoms with Gasteiger partial charge < -0.3 is 4.90 Å². The van der Waals surface area contributed by atoms with Gasteiger partial charge in [0.25, 0.3) is 0 Å². The van der Waals surface area contributed by atoms with Gasteiger partial charge in [0.2, 0.25) is 5.91 Å². The molecule has 23 heavy (non-hydrogen) atoms. The average molecular weight is 327 g/mol. The second-order valence-electron chi connectivity index (χ2n) is 5.68. The number of carbonyl (C=O) groups is 1. The van der Waals surface area contributed by atoms with Crippen molar-refractivity contribution in [2.45, 2.75) is 26.2 Å². The summed E-state index contributed by atoms with van der Waals surface area (Å²) in [5.74, 6) is -0.0380. The molecule has 0 radical (unpaired) electrons. The van der Waals surface area contributed by atoms with Crippen molar-refractivity contribution in [2.75, 3.05) is 18.0 Å². The standard InChI is InChI=1S/C18H21N3OS/c1-14(17-9-5-13-23-17)19-20-18(22)10-12-21-11-4-7-15-6-2-3-8-16(15)21/h2-3,5-6,8-9,13H,4,7,10-12H2,1H3,(H,20,22)/b19-14+. The highest BCUT2D eigenvalue weighted by Crippen LogP contribution is 2.26. The van der Waals surface area contributed by atoms with Crippen molar-refractivity contribution in [3.63, 3.8) is 0 Å². The first-order valence-corrected chi connectivity index (χ1v) is 8.82. The first-order valence-electron chi connectivity index (χ1n) is 7.94. The summed E-state index contributed by atoms with van der Waals surface area (Å²) in [7, 11) is 0. The van der Waals surface area contributed by atoms with E-state index in [1.807, 2.05) is 24.4 Å². The number of rotatable bonds is 5. The third-order valence-electron chi connectivity index (χ3n) is 4.04. The molecule has 1 amide bonds.